The molecule has 0 saturated heterocycles. The molecule has 1 aromatic heterocycles. The van der Waals surface area contributed by atoms with Crippen LogP contribution in [0.5, 0.6) is 0 Å². The minimum absolute atomic E-state index is 0.162. The fourth-order valence-electron chi connectivity index (χ4n) is 2.15. The summed E-state index contributed by atoms with van der Waals surface area (Å²) < 4.78 is 0. The van der Waals surface area contributed by atoms with Gasteiger partial charge in [-0.3, -0.25) is 4.79 Å². The zero-order valence-corrected chi connectivity index (χ0v) is 13.7. The Kier molecular flexibility index (Phi) is 6.68. The Labute approximate surface area is 130 Å². The molecule has 5 nitrogen and oxygen atoms in total. The van der Waals surface area contributed by atoms with Crippen LogP contribution in [-0.4, -0.2) is 35.1 Å². The fourth-order valence-corrected chi connectivity index (χ4v) is 2.87. The van der Waals surface area contributed by atoms with Gasteiger partial charge < -0.3 is 15.3 Å². The summed E-state index contributed by atoms with van der Waals surface area (Å²) in [6.45, 7) is 6.90. The van der Waals surface area contributed by atoms with E-state index in [1.54, 1.807) is 16.2 Å². The molecule has 0 aromatic carbocycles. The maximum Gasteiger partial charge on any atom is 0.317 e. The quantitative estimate of drug-likeness (QED) is 0.774. The Morgan fingerprint density at radius 2 is 2.00 bits per heavy atom. The molecule has 0 unspecified atom stereocenters. The van der Waals surface area contributed by atoms with Crippen LogP contribution in [0, 0.1) is 5.41 Å². The summed E-state index contributed by atoms with van der Waals surface area (Å²) in [6.07, 6.45) is 0.992. The fraction of sp³-hybridized carbons (Fsp3) is 0.600. The van der Waals surface area contributed by atoms with E-state index in [9.17, 15) is 14.7 Å². The van der Waals surface area contributed by atoms with E-state index >= 15 is 0 Å². The van der Waals surface area contributed by atoms with Gasteiger partial charge in [0.15, 0.2) is 0 Å². The van der Waals surface area contributed by atoms with Crippen molar-refractivity contribution in [2.24, 2.45) is 5.41 Å². The van der Waals surface area contributed by atoms with Gasteiger partial charge >= 0.3 is 12.0 Å². The second kappa shape index (κ2) is 8.02. The van der Waals surface area contributed by atoms with E-state index in [0.717, 1.165) is 4.88 Å². The van der Waals surface area contributed by atoms with Gasteiger partial charge in [0.25, 0.3) is 0 Å². The van der Waals surface area contributed by atoms with Crippen molar-refractivity contribution >= 4 is 23.3 Å². The Bertz CT molecular complexity index is 455. The van der Waals surface area contributed by atoms with Crippen molar-refractivity contribution in [3.05, 3.63) is 22.4 Å². The lowest BCUT2D eigenvalue weighted by Gasteiger charge is -2.29. The largest absolute Gasteiger partial charge is 0.481 e. The van der Waals surface area contributed by atoms with Crippen LogP contribution in [0.1, 0.15) is 38.5 Å². The Balaban J connectivity index is 2.63. The third-order valence-corrected chi connectivity index (χ3v) is 4.84. The molecule has 0 fully saturated rings. The molecule has 0 aliphatic carbocycles. The van der Waals surface area contributed by atoms with Crippen molar-refractivity contribution in [2.45, 2.75) is 40.2 Å². The van der Waals surface area contributed by atoms with E-state index in [-0.39, 0.29) is 12.6 Å². The highest BCUT2D eigenvalue weighted by atomic mass is 32.1. The molecule has 0 atom stereocenters. The number of rotatable bonds is 8. The third-order valence-electron chi connectivity index (χ3n) is 3.98. The van der Waals surface area contributed by atoms with Crippen LogP contribution in [0.25, 0.3) is 0 Å². The number of hydrogen-bond acceptors (Lipinski definition) is 3. The van der Waals surface area contributed by atoms with Crippen LogP contribution >= 0.6 is 11.3 Å². The van der Waals surface area contributed by atoms with Crippen molar-refractivity contribution in [3.8, 4) is 0 Å². The second-order valence-electron chi connectivity index (χ2n) is 5.04. The van der Waals surface area contributed by atoms with E-state index < -0.39 is 11.4 Å². The van der Waals surface area contributed by atoms with Crippen molar-refractivity contribution in [1.82, 2.24) is 10.2 Å². The molecule has 1 aromatic rings. The van der Waals surface area contributed by atoms with Gasteiger partial charge in [0.05, 0.1) is 12.0 Å². The lowest BCUT2D eigenvalue weighted by Crippen LogP contribution is -2.47. The molecule has 6 heteroatoms. The van der Waals surface area contributed by atoms with E-state index in [4.69, 9.17) is 0 Å². The topological polar surface area (TPSA) is 69.6 Å². The molecular weight excluding hydrogens is 288 g/mol. The van der Waals surface area contributed by atoms with Gasteiger partial charge in [-0.25, -0.2) is 4.79 Å². The molecular formula is C15H24N2O3S. The maximum absolute atomic E-state index is 12.2. The molecule has 21 heavy (non-hydrogen) atoms. The maximum atomic E-state index is 12.2. The Morgan fingerprint density at radius 3 is 2.43 bits per heavy atom. The highest BCUT2D eigenvalue weighted by molar-refractivity contribution is 7.09. The number of thiophene rings is 1. The van der Waals surface area contributed by atoms with Crippen LogP contribution in [0.15, 0.2) is 17.5 Å². The van der Waals surface area contributed by atoms with E-state index in [2.05, 4.69) is 5.32 Å². The molecule has 0 saturated carbocycles. The molecule has 1 heterocycles. The first kappa shape index (κ1) is 17.5. The molecule has 0 aliphatic rings. The average Bonchev–Trinajstić information content (AvgIpc) is 2.98. The highest BCUT2D eigenvalue weighted by Gasteiger charge is 2.35. The van der Waals surface area contributed by atoms with E-state index in [1.165, 1.54) is 0 Å². The lowest BCUT2D eigenvalue weighted by molar-refractivity contribution is -0.149. The molecule has 0 aliphatic heterocycles. The van der Waals surface area contributed by atoms with Crippen molar-refractivity contribution in [1.29, 1.82) is 0 Å². The number of carboxylic acids is 1. The first-order valence-corrected chi connectivity index (χ1v) is 8.15. The molecule has 118 valence electrons. The smallest absolute Gasteiger partial charge is 0.317 e. The molecule has 2 N–H and O–H groups in total. The number of carbonyl (C=O) groups excluding carboxylic acids is 1. The number of hydrogen-bond donors (Lipinski definition) is 2. The number of aliphatic carboxylic acids is 1. The van der Waals surface area contributed by atoms with Crippen molar-refractivity contribution in [3.63, 3.8) is 0 Å². The van der Waals surface area contributed by atoms with Crippen molar-refractivity contribution < 1.29 is 14.7 Å². The number of carboxylic acid groups (broad SMARTS) is 1. The minimum atomic E-state index is -0.877. The SMILES string of the molecule is CCN(Cc1cccs1)C(=O)NCC(CC)(CC)C(=O)O. The monoisotopic (exact) mass is 312 g/mol. The number of urea groups is 1. The zero-order valence-electron chi connectivity index (χ0n) is 12.9. The highest BCUT2D eigenvalue weighted by Crippen LogP contribution is 2.25. The van der Waals surface area contributed by atoms with Gasteiger partial charge in [-0.2, -0.15) is 0 Å². The Hall–Kier alpha value is -1.56. The number of amides is 2. The summed E-state index contributed by atoms with van der Waals surface area (Å²) in [6, 6.07) is 3.73. The number of nitrogens with one attached hydrogen (secondary N) is 1. The predicted octanol–water partition coefficient (Wildman–Crippen LogP) is 3.17. The second-order valence-corrected chi connectivity index (χ2v) is 6.08. The summed E-state index contributed by atoms with van der Waals surface area (Å²) in [5, 5.41) is 14.1. The van der Waals surface area contributed by atoms with Crippen LogP contribution in [0.3, 0.4) is 0 Å². The Morgan fingerprint density at radius 1 is 1.33 bits per heavy atom. The van der Waals surface area contributed by atoms with Gasteiger partial charge in [0.1, 0.15) is 0 Å². The van der Waals surface area contributed by atoms with Gasteiger partial charge in [-0.15, -0.1) is 11.3 Å². The molecule has 1 rings (SSSR count). The van der Waals surface area contributed by atoms with Crippen LogP contribution < -0.4 is 5.32 Å². The third kappa shape index (κ3) is 4.46. The summed E-state index contributed by atoms with van der Waals surface area (Å²) in [5.74, 6) is -0.853. The van der Waals surface area contributed by atoms with Crippen LogP contribution in [-0.2, 0) is 11.3 Å². The molecule has 2 amide bonds. The summed E-state index contributed by atoms with van der Waals surface area (Å²) >= 11 is 1.61. The first-order valence-electron chi connectivity index (χ1n) is 7.27. The minimum Gasteiger partial charge on any atom is -0.481 e. The predicted molar refractivity (Wildman–Crippen MR) is 84.5 cm³/mol. The molecule has 0 bridgehead atoms. The number of nitrogens with zero attached hydrogens (tertiary/aromatic N) is 1. The van der Waals surface area contributed by atoms with E-state index in [0.29, 0.717) is 25.9 Å². The molecule has 0 spiro atoms. The normalized spacial score (nSPS) is 11.2. The first-order chi connectivity index (χ1) is 9.99. The average molecular weight is 312 g/mol. The summed E-state index contributed by atoms with van der Waals surface area (Å²) in [7, 11) is 0. The van der Waals surface area contributed by atoms with Gasteiger partial charge in [0.2, 0.25) is 0 Å². The molecule has 0 radical (unpaired) electrons. The zero-order chi connectivity index (χ0) is 15.9. The summed E-state index contributed by atoms with van der Waals surface area (Å²) in [5.41, 5.74) is -0.877. The lowest BCUT2D eigenvalue weighted by atomic mass is 9.82. The van der Waals surface area contributed by atoms with Crippen LogP contribution in [0.2, 0.25) is 0 Å². The number of carbonyl (C=O) groups is 2. The van der Waals surface area contributed by atoms with Gasteiger partial charge in [-0.05, 0) is 31.2 Å². The standard InChI is InChI=1S/C15H24N2O3S/c1-4-15(5-2,13(18)19)11-16-14(20)17(6-3)10-12-8-7-9-21-12/h7-9H,4-6,10-11H2,1-3H3,(H,16,20)(H,18,19). The van der Waals surface area contributed by atoms with Crippen molar-refractivity contribution in [2.75, 3.05) is 13.1 Å². The van der Waals surface area contributed by atoms with Crippen LogP contribution in [0.4, 0.5) is 4.79 Å². The van der Waals surface area contributed by atoms with Gasteiger partial charge in [-0.1, -0.05) is 19.9 Å². The van der Waals surface area contributed by atoms with E-state index in [1.807, 2.05) is 38.3 Å². The van der Waals surface area contributed by atoms with Gasteiger partial charge in [0, 0.05) is 18.0 Å². The summed E-state index contributed by atoms with van der Waals surface area (Å²) in [4.78, 5) is 26.5.